The maximum absolute atomic E-state index is 12.4. The highest BCUT2D eigenvalue weighted by molar-refractivity contribution is 5.89. The van der Waals surface area contributed by atoms with Gasteiger partial charge in [0.05, 0.1) is 5.92 Å². The minimum absolute atomic E-state index is 0.0114. The van der Waals surface area contributed by atoms with Gasteiger partial charge in [-0.15, -0.1) is 0 Å². The second-order valence-electron chi connectivity index (χ2n) is 7.30. The highest BCUT2D eigenvalue weighted by atomic mass is 16.3. The number of benzene rings is 1. The van der Waals surface area contributed by atoms with E-state index in [-0.39, 0.29) is 23.5 Å². The number of rotatable bonds is 6. The van der Waals surface area contributed by atoms with Gasteiger partial charge in [0.2, 0.25) is 11.8 Å². The number of hydrogen-bond acceptors (Lipinski definition) is 3. The van der Waals surface area contributed by atoms with Gasteiger partial charge in [-0.2, -0.15) is 0 Å². The van der Waals surface area contributed by atoms with E-state index in [0.29, 0.717) is 25.6 Å². The topological polar surface area (TPSA) is 69.6 Å². The number of carbonyl (C=O) groups excluding carboxylic acids is 2. The molecule has 25 heavy (non-hydrogen) atoms. The van der Waals surface area contributed by atoms with Gasteiger partial charge in [0.15, 0.2) is 0 Å². The van der Waals surface area contributed by atoms with E-state index in [2.05, 4.69) is 5.32 Å². The molecule has 0 aromatic heterocycles. The molecule has 1 aromatic carbocycles. The molecule has 2 amide bonds. The van der Waals surface area contributed by atoms with Crippen LogP contribution in [-0.2, 0) is 16.0 Å². The van der Waals surface area contributed by atoms with Crippen molar-refractivity contribution >= 4 is 11.8 Å². The Hall–Kier alpha value is -2.04. The Kier molecular flexibility index (Phi) is 5.95. The molecule has 1 aliphatic heterocycles. The normalized spacial score (nSPS) is 21.5. The molecule has 5 heteroatoms. The van der Waals surface area contributed by atoms with E-state index in [9.17, 15) is 14.7 Å². The number of nitrogens with zero attached hydrogens (tertiary/aromatic N) is 1. The number of phenolic OH excluding ortho intramolecular Hbond substituents is 1. The first-order valence-electron chi connectivity index (χ1n) is 9.48. The van der Waals surface area contributed by atoms with Crippen molar-refractivity contribution in [1.82, 2.24) is 10.2 Å². The van der Waals surface area contributed by atoms with Crippen LogP contribution in [0.2, 0.25) is 0 Å². The summed E-state index contributed by atoms with van der Waals surface area (Å²) in [5.41, 5.74) is 1.14. The number of aryl methyl sites for hydroxylation is 1. The van der Waals surface area contributed by atoms with Gasteiger partial charge in [-0.3, -0.25) is 9.59 Å². The van der Waals surface area contributed by atoms with Crippen LogP contribution in [0.5, 0.6) is 5.75 Å². The predicted molar refractivity (Wildman–Crippen MR) is 96.1 cm³/mol. The van der Waals surface area contributed by atoms with E-state index in [4.69, 9.17) is 0 Å². The quantitative estimate of drug-likeness (QED) is 0.780. The number of phenols is 1. The fourth-order valence-corrected chi connectivity index (χ4v) is 3.96. The molecule has 1 aromatic rings. The van der Waals surface area contributed by atoms with Crippen LogP contribution in [0.25, 0.3) is 0 Å². The average Bonchev–Trinajstić information content (AvgIpc) is 3.03. The van der Waals surface area contributed by atoms with Gasteiger partial charge in [0.1, 0.15) is 5.75 Å². The van der Waals surface area contributed by atoms with Crippen LogP contribution in [-0.4, -0.2) is 41.0 Å². The maximum Gasteiger partial charge on any atom is 0.225 e. The van der Waals surface area contributed by atoms with Crippen molar-refractivity contribution in [2.75, 3.05) is 13.1 Å². The molecule has 0 bridgehead atoms. The van der Waals surface area contributed by atoms with Crippen molar-refractivity contribution in [1.29, 1.82) is 0 Å². The summed E-state index contributed by atoms with van der Waals surface area (Å²) in [6.45, 7) is 1.21. The van der Waals surface area contributed by atoms with Gasteiger partial charge in [0, 0.05) is 25.6 Å². The molecule has 3 rings (SSSR count). The number of likely N-dealkylation sites (tertiary alicyclic amines) is 1. The highest BCUT2D eigenvalue weighted by Crippen LogP contribution is 2.28. The summed E-state index contributed by atoms with van der Waals surface area (Å²) in [6, 6.07) is 7.51. The molecular formula is C20H28N2O3. The number of aromatic hydroxyl groups is 1. The van der Waals surface area contributed by atoms with E-state index in [1.807, 2.05) is 17.0 Å². The third-order valence-corrected chi connectivity index (χ3v) is 5.42. The van der Waals surface area contributed by atoms with Crippen LogP contribution >= 0.6 is 0 Å². The van der Waals surface area contributed by atoms with Gasteiger partial charge in [-0.05, 0) is 43.4 Å². The zero-order chi connectivity index (χ0) is 17.6. The third-order valence-electron chi connectivity index (χ3n) is 5.42. The number of carbonyl (C=O) groups is 2. The summed E-state index contributed by atoms with van der Waals surface area (Å²) in [6.07, 6.45) is 7.91. The Morgan fingerprint density at radius 1 is 1.16 bits per heavy atom. The minimum Gasteiger partial charge on any atom is -0.508 e. The second kappa shape index (κ2) is 8.37. The zero-order valence-electron chi connectivity index (χ0n) is 14.7. The van der Waals surface area contributed by atoms with Crippen molar-refractivity contribution in [2.45, 2.75) is 57.4 Å². The summed E-state index contributed by atoms with van der Waals surface area (Å²) < 4.78 is 0. The van der Waals surface area contributed by atoms with Crippen molar-refractivity contribution in [3.05, 3.63) is 29.8 Å². The van der Waals surface area contributed by atoms with Gasteiger partial charge >= 0.3 is 0 Å². The van der Waals surface area contributed by atoms with Crippen LogP contribution < -0.4 is 5.32 Å². The lowest BCUT2D eigenvalue weighted by molar-refractivity contribution is -0.130. The lowest BCUT2D eigenvalue weighted by Crippen LogP contribution is -2.39. The van der Waals surface area contributed by atoms with Crippen molar-refractivity contribution in [3.8, 4) is 5.75 Å². The smallest absolute Gasteiger partial charge is 0.225 e. The minimum atomic E-state index is -0.192. The van der Waals surface area contributed by atoms with Crippen LogP contribution in [0.15, 0.2) is 24.3 Å². The Bertz CT molecular complexity index is 593. The standard InChI is InChI=1S/C20H28N2O3/c23-18-10-8-15(9-11-18)5-4-12-21-20(25)16-13-19(24)22(14-16)17-6-2-1-3-7-17/h8-11,16-17,23H,1-7,12-14H2,(H,21,25). The molecule has 2 N–H and O–H groups in total. The van der Waals surface area contributed by atoms with Gasteiger partial charge < -0.3 is 15.3 Å². The molecule has 1 atom stereocenters. The molecule has 2 aliphatic rings. The van der Waals surface area contributed by atoms with Crippen molar-refractivity contribution in [2.24, 2.45) is 5.92 Å². The van der Waals surface area contributed by atoms with E-state index in [1.54, 1.807) is 12.1 Å². The summed E-state index contributed by atoms with van der Waals surface area (Å²) in [5.74, 6) is 0.238. The number of hydrogen-bond donors (Lipinski definition) is 2. The molecule has 2 fully saturated rings. The van der Waals surface area contributed by atoms with E-state index >= 15 is 0 Å². The molecule has 1 saturated carbocycles. The Labute approximate surface area is 149 Å². The molecule has 1 aliphatic carbocycles. The van der Waals surface area contributed by atoms with Gasteiger partial charge in [0.25, 0.3) is 0 Å². The molecule has 0 spiro atoms. The fourth-order valence-electron chi connectivity index (χ4n) is 3.96. The zero-order valence-corrected chi connectivity index (χ0v) is 14.7. The lowest BCUT2D eigenvalue weighted by Gasteiger charge is -2.31. The van der Waals surface area contributed by atoms with E-state index in [1.165, 1.54) is 19.3 Å². The van der Waals surface area contributed by atoms with Gasteiger partial charge in [-0.1, -0.05) is 31.4 Å². The molecule has 5 nitrogen and oxygen atoms in total. The molecule has 1 saturated heterocycles. The van der Waals surface area contributed by atoms with Gasteiger partial charge in [-0.25, -0.2) is 0 Å². The van der Waals surface area contributed by atoms with Crippen molar-refractivity contribution < 1.29 is 14.7 Å². The average molecular weight is 344 g/mol. The number of nitrogens with one attached hydrogen (secondary N) is 1. The second-order valence-corrected chi connectivity index (χ2v) is 7.30. The first kappa shape index (κ1) is 17.8. The molecule has 1 heterocycles. The van der Waals surface area contributed by atoms with E-state index < -0.39 is 0 Å². The van der Waals surface area contributed by atoms with E-state index in [0.717, 1.165) is 31.2 Å². The van der Waals surface area contributed by atoms with Crippen LogP contribution in [0, 0.1) is 5.92 Å². The predicted octanol–water partition coefficient (Wildman–Crippen LogP) is 2.62. The maximum atomic E-state index is 12.4. The Morgan fingerprint density at radius 2 is 1.88 bits per heavy atom. The first-order chi connectivity index (χ1) is 12.1. The molecule has 136 valence electrons. The Morgan fingerprint density at radius 3 is 2.60 bits per heavy atom. The summed E-state index contributed by atoms with van der Waals surface area (Å²) in [5, 5.41) is 12.3. The third kappa shape index (κ3) is 4.74. The highest BCUT2D eigenvalue weighted by Gasteiger charge is 2.37. The summed E-state index contributed by atoms with van der Waals surface area (Å²) in [4.78, 5) is 26.6. The number of amides is 2. The molecule has 0 radical (unpaired) electrons. The largest absolute Gasteiger partial charge is 0.508 e. The summed E-state index contributed by atoms with van der Waals surface area (Å²) in [7, 11) is 0. The van der Waals surface area contributed by atoms with Crippen molar-refractivity contribution in [3.63, 3.8) is 0 Å². The fraction of sp³-hybridized carbons (Fsp3) is 0.600. The molecule has 1 unspecified atom stereocenters. The van der Waals surface area contributed by atoms with Crippen LogP contribution in [0.4, 0.5) is 0 Å². The van der Waals surface area contributed by atoms with Crippen LogP contribution in [0.3, 0.4) is 0 Å². The lowest BCUT2D eigenvalue weighted by atomic mass is 9.94. The Balaban J connectivity index is 1.39. The van der Waals surface area contributed by atoms with Crippen LogP contribution in [0.1, 0.15) is 50.5 Å². The molecular weight excluding hydrogens is 316 g/mol. The summed E-state index contributed by atoms with van der Waals surface area (Å²) >= 11 is 0. The monoisotopic (exact) mass is 344 g/mol. The SMILES string of the molecule is O=C(NCCCc1ccc(O)cc1)C1CC(=O)N(C2CCCCC2)C1. The first-order valence-corrected chi connectivity index (χ1v) is 9.48.